The molecule has 1 aliphatic rings. The second-order valence-electron chi connectivity index (χ2n) is 6.77. The van der Waals surface area contributed by atoms with Crippen molar-refractivity contribution in [1.82, 2.24) is 9.88 Å². The molecule has 1 saturated heterocycles. The zero-order valence-corrected chi connectivity index (χ0v) is 16.9. The van der Waals surface area contributed by atoms with Crippen molar-refractivity contribution in [2.45, 2.75) is 19.0 Å². The SMILES string of the molecule is COc1ccc(-c2csc(NC(=O)CN3CCCC(C(F)(F)F)C3)n2)c(OC)c1. The van der Waals surface area contributed by atoms with Gasteiger partial charge in [-0.05, 0) is 31.5 Å². The number of rotatable bonds is 6. The Morgan fingerprint density at radius 1 is 1.34 bits per heavy atom. The summed E-state index contributed by atoms with van der Waals surface area (Å²) in [7, 11) is 3.10. The van der Waals surface area contributed by atoms with Crippen molar-refractivity contribution in [3.05, 3.63) is 23.6 Å². The van der Waals surface area contributed by atoms with E-state index in [-0.39, 0.29) is 25.4 Å². The molecule has 1 aliphatic heterocycles. The van der Waals surface area contributed by atoms with Crippen LogP contribution in [-0.4, -0.2) is 55.8 Å². The average Bonchev–Trinajstić information content (AvgIpc) is 3.15. The molecule has 29 heavy (non-hydrogen) atoms. The molecular formula is C19H22F3N3O3S. The number of carbonyl (C=O) groups is 1. The van der Waals surface area contributed by atoms with Gasteiger partial charge in [-0.3, -0.25) is 9.69 Å². The van der Waals surface area contributed by atoms with E-state index in [1.54, 1.807) is 31.7 Å². The lowest BCUT2D eigenvalue weighted by Gasteiger charge is -2.33. The zero-order chi connectivity index (χ0) is 21.0. The lowest BCUT2D eigenvalue weighted by atomic mass is 9.97. The fourth-order valence-corrected chi connectivity index (χ4v) is 4.02. The number of thiazole rings is 1. The molecule has 1 aromatic carbocycles. The van der Waals surface area contributed by atoms with Crippen molar-refractivity contribution in [2.24, 2.45) is 5.92 Å². The number of carbonyl (C=O) groups excluding carboxylic acids is 1. The van der Waals surface area contributed by atoms with E-state index in [4.69, 9.17) is 9.47 Å². The Morgan fingerprint density at radius 2 is 2.14 bits per heavy atom. The molecule has 0 aliphatic carbocycles. The number of amides is 1. The molecule has 2 aromatic rings. The highest BCUT2D eigenvalue weighted by Gasteiger charge is 2.41. The van der Waals surface area contributed by atoms with Crippen LogP contribution >= 0.6 is 11.3 Å². The van der Waals surface area contributed by atoms with Crippen LogP contribution in [0.25, 0.3) is 11.3 Å². The van der Waals surface area contributed by atoms with Crippen LogP contribution < -0.4 is 14.8 Å². The highest BCUT2D eigenvalue weighted by atomic mass is 32.1. The van der Waals surface area contributed by atoms with Crippen molar-refractivity contribution in [2.75, 3.05) is 39.2 Å². The summed E-state index contributed by atoms with van der Waals surface area (Å²) in [5.74, 6) is -0.527. The van der Waals surface area contributed by atoms with Gasteiger partial charge in [0.15, 0.2) is 5.13 Å². The number of ether oxygens (including phenoxy) is 2. The molecule has 0 bridgehead atoms. The zero-order valence-electron chi connectivity index (χ0n) is 16.1. The summed E-state index contributed by atoms with van der Waals surface area (Å²) in [4.78, 5) is 18.2. The number of hydrogen-bond donors (Lipinski definition) is 1. The van der Waals surface area contributed by atoms with Gasteiger partial charge in [-0.25, -0.2) is 4.98 Å². The molecule has 1 aromatic heterocycles. The minimum Gasteiger partial charge on any atom is -0.497 e. The van der Waals surface area contributed by atoms with Gasteiger partial charge >= 0.3 is 6.18 Å². The number of alkyl halides is 3. The quantitative estimate of drug-likeness (QED) is 0.751. The van der Waals surface area contributed by atoms with Gasteiger partial charge in [-0.1, -0.05) is 0 Å². The number of halogens is 3. The van der Waals surface area contributed by atoms with Crippen LogP contribution in [0.5, 0.6) is 11.5 Å². The summed E-state index contributed by atoms with van der Waals surface area (Å²) in [5, 5.41) is 4.83. The first-order valence-electron chi connectivity index (χ1n) is 9.07. The predicted octanol–water partition coefficient (Wildman–Crippen LogP) is 4.04. The monoisotopic (exact) mass is 429 g/mol. The average molecular weight is 429 g/mol. The van der Waals surface area contributed by atoms with Crippen molar-refractivity contribution in [3.63, 3.8) is 0 Å². The summed E-state index contributed by atoms with van der Waals surface area (Å²) >= 11 is 1.24. The number of nitrogens with one attached hydrogen (secondary N) is 1. The van der Waals surface area contributed by atoms with Gasteiger partial charge < -0.3 is 14.8 Å². The predicted molar refractivity (Wildman–Crippen MR) is 105 cm³/mol. The first-order valence-corrected chi connectivity index (χ1v) is 9.95. The number of methoxy groups -OCH3 is 2. The second-order valence-corrected chi connectivity index (χ2v) is 7.63. The van der Waals surface area contributed by atoms with Crippen LogP contribution in [-0.2, 0) is 4.79 Å². The molecule has 6 nitrogen and oxygen atoms in total. The number of hydrogen-bond acceptors (Lipinski definition) is 6. The molecule has 1 N–H and O–H groups in total. The number of piperidine rings is 1. The van der Waals surface area contributed by atoms with Crippen molar-refractivity contribution in [3.8, 4) is 22.8 Å². The van der Waals surface area contributed by atoms with Gasteiger partial charge in [-0.15, -0.1) is 11.3 Å². The standard InChI is InChI=1S/C19H22F3N3O3S/c1-27-13-5-6-14(16(8-13)28-2)15-11-29-18(23-15)24-17(26)10-25-7-3-4-12(9-25)19(20,21)22/h5-6,8,11-12H,3-4,7,9-10H2,1-2H3,(H,23,24,26). The Morgan fingerprint density at radius 3 is 2.83 bits per heavy atom. The molecule has 2 heterocycles. The smallest absolute Gasteiger partial charge is 0.393 e. The first kappa shape index (κ1) is 21.4. The van der Waals surface area contributed by atoms with Gasteiger partial charge in [0.05, 0.1) is 32.4 Å². The largest absolute Gasteiger partial charge is 0.497 e. The van der Waals surface area contributed by atoms with Crippen molar-refractivity contribution >= 4 is 22.4 Å². The summed E-state index contributed by atoms with van der Waals surface area (Å²) in [6.07, 6.45) is -3.69. The summed E-state index contributed by atoms with van der Waals surface area (Å²) in [6.45, 7) is 0.239. The molecule has 10 heteroatoms. The Labute approximate surface area is 170 Å². The van der Waals surface area contributed by atoms with E-state index >= 15 is 0 Å². The topological polar surface area (TPSA) is 63.7 Å². The fourth-order valence-electron chi connectivity index (χ4n) is 3.29. The lowest BCUT2D eigenvalue weighted by molar-refractivity contribution is -0.186. The van der Waals surface area contributed by atoms with Crippen LogP contribution in [0.15, 0.2) is 23.6 Å². The van der Waals surface area contributed by atoms with Gasteiger partial charge in [-0.2, -0.15) is 13.2 Å². The highest BCUT2D eigenvalue weighted by Crippen LogP contribution is 2.35. The number of aromatic nitrogens is 1. The van der Waals surface area contributed by atoms with Crippen LogP contribution in [0, 0.1) is 5.92 Å². The van der Waals surface area contributed by atoms with E-state index in [0.29, 0.717) is 35.3 Å². The number of nitrogens with zero attached hydrogens (tertiary/aromatic N) is 2. The molecular weight excluding hydrogens is 407 g/mol. The maximum atomic E-state index is 12.9. The van der Waals surface area contributed by atoms with E-state index in [1.165, 1.54) is 16.2 Å². The Bertz CT molecular complexity index is 857. The molecule has 1 unspecified atom stereocenters. The van der Waals surface area contributed by atoms with E-state index < -0.39 is 12.1 Å². The summed E-state index contributed by atoms with van der Waals surface area (Å²) in [6, 6.07) is 5.33. The Balaban J connectivity index is 1.62. The summed E-state index contributed by atoms with van der Waals surface area (Å²) in [5.41, 5.74) is 1.37. The molecule has 1 atom stereocenters. The van der Waals surface area contributed by atoms with Gasteiger partial charge in [0.25, 0.3) is 0 Å². The fraction of sp³-hybridized carbons (Fsp3) is 0.474. The van der Waals surface area contributed by atoms with E-state index in [2.05, 4.69) is 10.3 Å². The molecule has 1 amide bonds. The first-order chi connectivity index (χ1) is 13.8. The third-order valence-electron chi connectivity index (χ3n) is 4.77. The molecule has 0 saturated carbocycles. The highest BCUT2D eigenvalue weighted by molar-refractivity contribution is 7.14. The second kappa shape index (κ2) is 9.00. The van der Waals surface area contributed by atoms with Crippen LogP contribution in [0.1, 0.15) is 12.8 Å². The third kappa shape index (κ3) is 5.39. The van der Waals surface area contributed by atoms with Gasteiger partial charge in [0.1, 0.15) is 11.5 Å². The maximum absolute atomic E-state index is 12.9. The number of anilines is 1. The minimum atomic E-state index is -4.23. The Kier molecular flexibility index (Phi) is 6.63. The molecule has 158 valence electrons. The van der Waals surface area contributed by atoms with Crippen LogP contribution in [0.2, 0.25) is 0 Å². The van der Waals surface area contributed by atoms with Gasteiger partial charge in [0, 0.05) is 23.6 Å². The molecule has 3 rings (SSSR count). The normalized spacial score (nSPS) is 17.8. The van der Waals surface area contributed by atoms with Gasteiger partial charge in [0.2, 0.25) is 5.91 Å². The van der Waals surface area contributed by atoms with E-state index in [9.17, 15) is 18.0 Å². The van der Waals surface area contributed by atoms with E-state index in [1.807, 2.05) is 6.07 Å². The minimum absolute atomic E-state index is 0.0899. The van der Waals surface area contributed by atoms with Crippen LogP contribution in [0.3, 0.4) is 0 Å². The lowest BCUT2D eigenvalue weighted by Crippen LogP contribution is -2.44. The van der Waals surface area contributed by atoms with Crippen molar-refractivity contribution in [1.29, 1.82) is 0 Å². The van der Waals surface area contributed by atoms with E-state index in [0.717, 1.165) is 5.56 Å². The van der Waals surface area contributed by atoms with Crippen molar-refractivity contribution < 1.29 is 27.4 Å². The molecule has 0 radical (unpaired) electrons. The third-order valence-corrected chi connectivity index (χ3v) is 5.53. The number of benzene rings is 1. The maximum Gasteiger partial charge on any atom is 0.393 e. The summed E-state index contributed by atoms with van der Waals surface area (Å²) < 4.78 is 49.3. The molecule has 1 fully saturated rings. The number of likely N-dealkylation sites (tertiary alicyclic amines) is 1. The molecule has 0 spiro atoms. The van der Waals surface area contributed by atoms with Crippen LogP contribution in [0.4, 0.5) is 18.3 Å². The Hall–Kier alpha value is -2.33.